The molecule has 3 rings (SSSR count). The van der Waals surface area contributed by atoms with Crippen molar-refractivity contribution >= 4 is 17.6 Å². The first kappa shape index (κ1) is 17.7. The maximum absolute atomic E-state index is 12.5. The van der Waals surface area contributed by atoms with E-state index in [0.29, 0.717) is 44.0 Å². The number of nitrogens with zero attached hydrogens (tertiary/aromatic N) is 3. The van der Waals surface area contributed by atoms with Gasteiger partial charge in [-0.2, -0.15) is 0 Å². The van der Waals surface area contributed by atoms with E-state index in [0.717, 1.165) is 25.9 Å². The van der Waals surface area contributed by atoms with Crippen LogP contribution in [0.1, 0.15) is 47.0 Å². The fourth-order valence-corrected chi connectivity index (χ4v) is 3.44. The van der Waals surface area contributed by atoms with Crippen LogP contribution in [-0.4, -0.2) is 83.1 Å². The number of ketones is 1. The van der Waals surface area contributed by atoms with Crippen LogP contribution in [0.3, 0.4) is 0 Å². The summed E-state index contributed by atoms with van der Waals surface area (Å²) in [6.45, 7) is 6.28. The van der Waals surface area contributed by atoms with E-state index in [1.165, 1.54) is 13.3 Å². The lowest BCUT2D eigenvalue weighted by Crippen LogP contribution is -2.52. The van der Waals surface area contributed by atoms with E-state index in [-0.39, 0.29) is 17.6 Å². The fraction of sp³-hybridized carbons (Fsp3) is 0.611. The number of hydrogen-bond donors (Lipinski definition) is 1. The molecule has 0 saturated carbocycles. The van der Waals surface area contributed by atoms with Crippen LogP contribution in [0.2, 0.25) is 0 Å². The summed E-state index contributed by atoms with van der Waals surface area (Å²) >= 11 is 0. The summed E-state index contributed by atoms with van der Waals surface area (Å²) in [5.74, 6) is 0.0563. The SMILES string of the molecule is CC(=O)c1c[nH]c(C(=O)N2CCN(CC(=O)N3CCCCC3)CC2)c1. The third kappa shape index (κ3) is 4.28. The van der Waals surface area contributed by atoms with Gasteiger partial charge in [0.2, 0.25) is 5.91 Å². The second-order valence-corrected chi connectivity index (χ2v) is 6.87. The van der Waals surface area contributed by atoms with E-state index >= 15 is 0 Å². The highest BCUT2D eigenvalue weighted by atomic mass is 16.2. The average Bonchev–Trinajstić information content (AvgIpc) is 3.13. The van der Waals surface area contributed by atoms with Crippen molar-refractivity contribution in [2.75, 3.05) is 45.8 Å². The molecular weight excluding hydrogens is 320 g/mol. The molecule has 0 unspecified atom stereocenters. The van der Waals surface area contributed by atoms with Crippen molar-refractivity contribution < 1.29 is 14.4 Å². The lowest BCUT2D eigenvalue weighted by molar-refractivity contribution is -0.133. The van der Waals surface area contributed by atoms with E-state index in [1.807, 2.05) is 4.90 Å². The number of piperazine rings is 1. The van der Waals surface area contributed by atoms with Crippen molar-refractivity contribution in [2.45, 2.75) is 26.2 Å². The molecular formula is C18H26N4O3. The van der Waals surface area contributed by atoms with Crippen molar-refractivity contribution in [3.8, 4) is 0 Å². The minimum Gasteiger partial charge on any atom is -0.356 e. The summed E-state index contributed by atoms with van der Waals surface area (Å²) in [4.78, 5) is 44.9. The van der Waals surface area contributed by atoms with Crippen LogP contribution in [0.5, 0.6) is 0 Å². The summed E-state index contributed by atoms with van der Waals surface area (Å²) in [7, 11) is 0. The predicted molar refractivity (Wildman–Crippen MR) is 93.6 cm³/mol. The largest absolute Gasteiger partial charge is 0.356 e. The number of carbonyl (C=O) groups is 3. The van der Waals surface area contributed by atoms with E-state index < -0.39 is 0 Å². The van der Waals surface area contributed by atoms with Gasteiger partial charge in [0.1, 0.15) is 5.69 Å². The molecule has 2 amide bonds. The molecule has 7 heteroatoms. The van der Waals surface area contributed by atoms with Crippen molar-refractivity contribution in [1.29, 1.82) is 0 Å². The van der Waals surface area contributed by atoms with Gasteiger partial charge in [-0.3, -0.25) is 19.3 Å². The van der Waals surface area contributed by atoms with E-state index in [9.17, 15) is 14.4 Å². The molecule has 0 aliphatic carbocycles. The minimum absolute atomic E-state index is 0.0589. The molecule has 1 N–H and O–H groups in total. The van der Waals surface area contributed by atoms with Gasteiger partial charge >= 0.3 is 0 Å². The Bertz CT molecular complexity index is 641. The number of H-pyrrole nitrogens is 1. The number of amides is 2. The van der Waals surface area contributed by atoms with E-state index in [4.69, 9.17) is 0 Å². The molecule has 2 saturated heterocycles. The Balaban J connectivity index is 1.48. The quantitative estimate of drug-likeness (QED) is 0.825. The van der Waals surface area contributed by atoms with Gasteiger partial charge in [-0.25, -0.2) is 0 Å². The highest BCUT2D eigenvalue weighted by Gasteiger charge is 2.26. The van der Waals surface area contributed by atoms with Crippen LogP contribution < -0.4 is 0 Å². The Hall–Kier alpha value is -2.15. The normalized spacial score (nSPS) is 19.1. The van der Waals surface area contributed by atoms with Crippen molar-refractivity contribution in [3.63, 3.8) is 0 Å². The number of aromatic nitrogens is 1. The number of nitrogens with one attached hydrogen (secondary N) is 1. The first-order chi connectivity index (χ1) is 12.0. The van der Waals surface area contributed by atoms with Gasteiger partial charge in [-0.15, -0.1) is 0 Å². The molecule has 1 aromatic rings. The molecule has 0 radical (unpaired) electrons. The molecule has 0 bridgehead atoms. The molecule has 7 nitrogen and oxygen atoms in total. The first-order valence-electron chi connectivity index (χ1n) is 9.03. The summed E-state index contributed by atoms with van der Waals surface area (Å²) in [5, 5.41) is 0. The molecule has 0 atom stereocenters. The van der Waals surface area contributed by atoms with Gasteiger partial charge in [0.15, 0.2) is 5.78 Å². The highest BCUT2D eigenvalue weighted by molar-refractivity contribution is 5.99. The Kier molecular flexibility index (Phi) is 5.53. The Morgan fingerprint density at radius 1 is 0.960 bits per heavy atom. The van der Waals surface area contributed by atoms with E-state index in [2.05, 4.69) is 9.88 Å². The molecule has 0 aromatic carbocycles. The summed E-state index contributed by atoms with van der Waals surface area (Å²) in [6.07, 6.45) is 5.00. The molecule has 2 fully saturated rings. The summed E-state index contributed by atoms with van der Waals surface area (Å²) in [5.41, 5.74) is 0.970. The minimum atomic E-state index is -0.0884. The van der Waals surface area contributed by atoms with Gasteiger partial charge in [0.25, 0.3) is 5.91 Å². The summed E-state index contributed by atoms with van der Waals surface area (Å²) < 4.78 is 0. The molecule has 1 aromatic heterocycles. The van der Waals surface area contributed by atoms with Gasteiger partial charge < -0.3 is 14.8 Å². The molecule has 136 valence electrons. The number of aromatic amines is 1. The number of likely N-dealkylation sites (tertiary alicyclic amines) is 1. The Morgan fingerprint density at radius 3 is 2.24 bits per heavy atom. The topological polar surface area (TPSA) is 76.7 Å². The Morgan fingerprint density at radius 2 is 1.64 bits per heavy atom. The number of rotatable bonds is 4. The predicted octanol–water partition coefficient (Wildman–Crippen LogP) is 0.988. The van der Waals surface area contributed by atoms with Gasteiger partial charge in [-0.05, 0) is 32.3 Å². The van der Waals surface area contributed by atoms with Crippen LogP contribution in [0.15, 0.2) is 12.3 Å². The van der Waals surface area contributed by atoms with Crippen molar-refractivity contribution in [2.24, 2.45) is 0 Å². The fourth-order valence-electron chi connectivity index (χ4n) is 3.44. The number of piperidine rings is 1. The maximum Gasteiger partial charge on any atom is 0.270 e. The second kappa shape index (κ2) is 7.82. The highest BCUT2D eigenvalue weighted by Crippen LogP contribution is 2.12. The molecule has 2 aliphatic heterocycles. The van der Waals surface area contributed by atoms with Crippen LogP contribution in [0.25, 0.3) is 0 Å². The number of carbonyl (C=O) groups excluding carboxylic acids is 3. The van der Waals surface area contributed by atoms with Gasteiger partial charge in [0.05, 0.1) is 6.54 Å². The van der Waals surface area contributed by atoms with Crippen molar-refractivity contribution in [3.05, 3.63) is 23.5 Å². The third-order valence-electron chi connectivity index (χ3n) is 5.05. The van der Waals surface area contributed by atoms with Crippen molar-refractivity contribution in [1.82, 2.24) is 19.7 Å². The lowest BCUT2D eigenvalue weighted by atomic mass is 10.1. The standard InChI is InChI=1S/C18H26N4O3/c1-14(23)15-11-16(19-12-15)18(25)22-9-7-20(8-10-22)13-17(24)21-5-3-2-4-6-21/h11-12,19H,2-10,13H2,1H3. The third-order valence-corrected chi connectivity index (χ3v) is 5.05. The van der Waals surface area contributed by atoms with Crippen LogP contribution in [0, 0.1) is 0 Å². The zero-order valence-electron chi connectivity index (χ0n) is 14.8. The van der Waals surface area contributed by atoms with Crippen LogP contribution >= 0.6 is 0 Å². The second-order valence-electron chi connectivity index (χ2n) is 6.87. The number of hydrogen-bond acceptors (Lipinski definition) is 4. The van der Waals surface area contributed by atoms with Crippen LogP contribution in [0.4, 0.5) is 0 Å². The maximum atomic E-state index is 12.5. The molecule has 2 aliphatic rings. The van der Waals surface area contributed by atoms with Crippen LogP contribution in [-0.2, 0) is 4.79 Å². The smallest absolute Gasteiger partial charge is 0.270 e. The molecule has 3 heterocycles. The average molecular weight is 346 g/mol. The molecule has 0 spiro atoms. The van der Waals surface area contributed by atoms with Gasteiger partial charge in [-0.1, -0.05) is 0 Å². The van der Waals surface area contributed by atoms with E-state index in [1.54, 1.807) is 17.2 Å². The summed E-state index contributed by atoms with van der Waals surface area (Å²) in [6, 6.07) is 1.61. The number of Topliss-reactive ketones (excluding diaryl/α,β-unsaturated/α-hetero) is 1. The van der Waals surface area contributed by atoms with Gasteiger partial charge in [0, 0.05) is 51.0 Å². The zero-order chi connectivity index (χ0) is 17.8. The Labute approximate surface area is 148 Å². The molecule has 25 heavy (non-hydrogen) atoms. The monoisotopic (exact) mass is 346 g/mol. The zero-order valence-corrected chi connectivity index (χ0v) is 14.8. The first-order valence-corrected chi connectivity index (χ1v) is 9.03. The lowest BCUT2D eigenvalue weighted by Gasteiger charge is -2.35.